The predicted molar refractivity (Wildman–Crippen MR) is 76.7 cm³/mol. The fourth-order valence-electron chi connectivity index (χ4n) is 1.80. The van der Waals surface area contributed by atoms with Gasteiger partial charge in [-0.3, -0.25) is 0 Å². The molecule has 0 fully saturated rings. The first-order valence-electron chi connectivity index (χ1n) is 6.06. The van der Waals surface area contributed by atoms with Crippen molar-refractivity contribution in [2.75, 3.05) is 30.5 Å². The minimum Gasteiger partial charge on any atom is -0.373 e. The van der Waals surface area contributed by atoms with Crippen molar-refractivity contribution in [1.29, 1.82) is 0 Å². The maximum atomic E-state index is 13.6. The van der Waals surface area contributed by atoms with Crippen LogP contribution in [0.4, 0.5) is 10.1 Å². The molecule has 1 rings (SSSR count). The first-order valence-corrected chi connectivity index (χ1v) is 8.12. The van der Waals surface area contributed by atoms with Crippen LogP contribution in [0.5, 0.6) is 0 Å². The summed E-state index contributed by atoms with van der Waals surface area (Å²) in [5, 5.41) is 0. The van der Waals surface area contributed by atoms with Gasteiger partial charge in [0.2, 0.25) is 0 Å². The van der Waals surface area contributed by atoms with E-state index in [4.69, 9.17) is 5.73 Å². The van der Waals surface area contributed by atoms with E-state index < -0.39 is 9.84 Å². The van der Waals surface area contributed by atoms with Gasteiger partial charge >= 0.3 is 0 Å². The average Bonchev–Trinajstić information content (AvgIpc) is 2.27. The molecule has 0 heterocycles. The van der Waals surface area contributed by atoms with E-state index in [2.05, 4.69) is 0 Å². The second-order valence-electron chi connectivity index (χ2n) is 5.00. The standard InChI is InChI=1S/C13H21FN2O2S/c1-9-7-13(11(10(2)15)8-12(9)14)16(3)5-6-19(4,17)18/h7-8,10H,5-6,15H2,1-4H3. The Kier molecular flexibility index (Phi) is 4.92. The number of rotatable bonds is 5. The number of hydrogen-bond acceptors (Lipinski definition) is 4. The van der Waals surface area contributed by atoms with Gasteiger partial charge in [0.15, 0.2) is 0 Å². The first-order chi connectivity index (χ1) is 8.61. The molecule has 0 aliphatic heterocycles. The summed E-state index contributed by atoms with van der Waals surface area (Å²) in [6, 6.07) is 2.81. The van der Waals surface area contributed by atoms with E-state index >= 15 is 0 Å². The number of anilines is 1. The summed E-state index contributed by atoms with van der Waals surface area (Å²) < 4.78 is 36.0. The largest absolute Gasteiger partial charge is 0.373 e. The molecule has 0 radical (unpaired) electrons. The Bertz CT molecular complexity index is 556. The SMILES string of the molecule is Cc1cc(N(C)CCS(C)(=O)=O)c(C(C)N)cc1F. The van der Waals surface area contributed by atoms with Crippen LogP contribution in [-0.2, 0) is 9.84 Å². The highest BCUT2D eigenvalue weighted by atomic mass is 32.2. The summed E-state index contributed by atoms with van der Waals surface area (Å²) in [5.74, 6) is -0.245. The van der Waals surface area contributed by atoms with Crippen LogP contribution in [0, 0.1) is 12.7 Å². The Morgan fingerprint density at radius 2 is 2.00 bits per heavy atom. The second kappa shape index (κ2) is 5.88. The maximum Gasteiger partial charge on any atom is 0.149 e. The molecule has 1 aromatic carbocycles. The molecule has 2 N–H and O–H groups in total. The molecule has 1 unspecified atom stereocenters. The van der Waals surface area contributed by atoms with Crippen molar-refractivity contribution >= 4 is 15.5 Å². The number of aryl methyl sites for hydroxylation is 1. The van der Waals surface area contributed by atoms with Crippen molar-refractivity contribution in [3.05, 3.63) is 29.1 Å². The molecule has 0 aliphatic carbocycles. The second-order valence-corrected chi connectivity index (χ2v) is 7.26. The van der Waals surface area contributed by atoms with E-state index in [1.54, 1.807) is 31.9 Å². The van der Waals surface area contributed by atoms with Gasteiger partial charge < -0.3 is 10.6 Å². The molecule has 0 bridgehead atoms. The highest BCUT2D eigenvalue weighted by Gasteiger charge is 2.15. The van der Waals surface area contributed by atoms with Crippen LogP contribution in [0.15, 0.2) is 12.1 Å². The van der Waals surface area contributed by atoms with Crippen LogP contribution < -0.4 is 10.6 Å². The van der Waals surface area contributed by atoms with Crippen LogP contribution in [-0.4, -0.2) is 34.0 Å². The molecule has 0 aromatic heterocycles. The zero-order chi connectivity index (χ0) is 14.8. The zero-order valence-corrected chi connectivity index (χ0v) is 12.6. The summed E-state index contributed by atoms with van der Waals surface area (Å²) in [4.78, 5) is 1.80. The highest BCUT2D eigenvalue weighted by molar-refractivity contribution is 7.90. The molecule has 1 aromatic rings. The van der Waals surface area contributed by atoms with Crippen molar-refractivity contribution in [3.63, 3.8) is 0 Å². The van der Waals surface area contributed by atoms with Crippen molar-refractivity contribution < 1.29 is 12.8 Å². The van der Waals surface area contributed by atoms with Gasteiger partial charge in [0, 0.05) is 31.6 Å². The molecule has 0 spiro atoms. The third kappa shape index (κ3) is 4.47. The number of nitrogens with two attached hydrogens (primary N) is 1. The van der Waals surface area contributed by atoms with Gasteiger partial charge in [-0.05, 0) is 37.1 Å². The van der Waals surface area contributed by atoms with Gasteiger partial charge in [0.25, 0.3) is 0 Å². The molecule has 4 nitrogen and oxygen atoms in total. The number of halogens is 1. The van der Waals surface area contributed by atoms with Crippen molar-refractivity contribution in [1.82, 2.24) is 0 Å². The molecule has 108 valence electrons. The minimum absolute atomic E-state index is 0.0539. The summed E-state index contributed by atoms with van der Waals surface area (Å²) in [6.07, 6.45) is 1.20. The fourth-order valence-corrected chi connectivity index (χ4v) is 2.41. The molecule has 0 aliphatic rings. The van der Waals surface area contributed by atoms with Crippen LogP contribution in [0.3, 0.4) is 0 Å². The minimum atomic E-state index is -3.03. The molecular weight excluding hydrogens is 267 g/mol. The van der Waals surface area contributed by atoms with E-state index in [1.165, 1.54) is 12.3 Å². The summed E-state index contributed by atoms with van der Waals surface area (Å²) in [7, 11) is -1.24. The topological polar surface area (TPSA) is 63.4 Å². The van der Waals surface area contributed by atoms with Gasteiger partial charge in [0.1, 0.15) is 15.7 Å². The van der Waals surface area contributed by atoms with Crippen molar-refractivity contribution in [2.45, 2.75) is 19.9 Å². The number of benzene rings is 1. The van der Waals surface area contributed by atoms with Gasteiger partial charge in [-0.1, -0.05) is 0 Å². The summed E-state index contributed by atoms with van der Waals surface area (Å²) in [6.45, 7) is 3.80. The first kappa shape index (κ1) is 15.9. The Labute approximate surface area is 114 Å². The fraction of sp³-hybridized carbons (Fsp3) is 0.538. The number of nitrogens with zero attached hydrogens (tertiary/aromatic N) is 1. The predicted octanol–water partition coefficient (Wildman–Crippen LogP) is 1.63. The van der Waals surface area contributed by atoms with Crippen LogP contribution in [0.1, 0.15) is 24.1 Å². The summed E-state index contributed by atoms with van der Waals surface area (Å²) >= 11 is 0. The molecule has 1 atom stereocenters. The Morgan fingerprint density at radius 1 is 1.42 bits per heavy atom. The lowest BCUT2D eigenvalue weighted by molar-refractivity contribution is 0.600. The molecule has 6 heteroatoms. The van der Waals surface area contributed by atoms with Gasteiger partial charge in [-0.2, -0.15) is 0 Å². The van der Waals surface area contributed by atoms with Crippen molar-refractivity contribution in [2.24, 2.45) is 5.73 Å². The summed E-state index contributed by atoms with van der Waals surface area (Å²) in [5.41, 5.74) is 7.82. The van der Waals surface area contributed by atoms with Gasteiger partial charge in [0.05, 0.1) is 5.75 Å². The van der Waals surface area contributed by atoms with E-state index in [9.17, 15) is 12.8 Å². The van der Waals surface area contributed by atoms with Crippen LogP contribution >= 0.6 is 0 Å². The zero-order valence-electron chi connectivity index (χ0n) is 11.8. The Morgan fingerprint density at radius 3 is 2.47 bits per heavy atom. The smallest absolute Gasteiger partial charge is 0.149 e. The monoisotopic (exact) mass is 288 g/mol. The number of hydrogen-bond donors (Lipinski definition) is 1. The average molecular weight is 288 g/mol. The Hall–Kier alpha value is -1.14. The van der Waals surface area contributed by atoms with E-state index in [1.807, 2.05) is 0 Å². The lowest BCUT2D eigenvalue weighted by Crippen LogP contribution is -2.27. The van der Waals surface area contributed by atoms with Crippen LogP contribution in [0.25, 0.3) is 0 Å². The van der Waals surface area contributed by atoms with Gasteiger partial charge in [-0.15, -0.1) is 0 Å². The molecular formula is C13H21FN2O2S. The quantitative estimate of drug-likeness (QED) is 0.894. The van der Waals surface area contributed by atoms with Crippen LogP contribution in [0.2, 0.25) is 0 Å². The highest BCUT2D eigenvalue weighted by Crippen LogP contribution is 2.27. The van der Waals surface area contributed by atoms with E-state index in [0.29, 0.717) is 17.7 Å². The lowest BCUT2D eigenvalue weighted by atomic mass is 10.0. The Balaban J connectivity index is 3.07. The maximum absolute atomic E-state index is 13.6. The van der Waals surface area contributed by atoms with Crippen molar-refractivity contribution in [3.8, 4) is 0 Å². The molecule has 19 heavy (non-hydrogen) atoms. The molecule has 0 amide bonds. The van der Waals surface area contributed by atoms with E-state index in [0.717, 1.165) is 5.69 Å². The molecule has 0 saturated carbocycles. The number of sulfone groups is 1. The lowest BCUT2D eigenvalue weighted by Gasteiger charge is -2.24. The third-order valence-electron chi connectivity index (χ3n) is 3.01. The normalized spacial score (nSPS) is 13.4. The van der Waals surface area contributed by atoms with Gasteiger partial charge in [-0.25, -0.2) is 12.8 Å². The van der Waals surface area contributed by atoms with E-state index in [-0.39, 0.29) is 17.6 Å². The molecule has 0 saturated heterocycles. The third-order valence-corrected chi connectivity index (χ3v) is 3.93.